The van der Waals surface area contributed by atoms with Crippen molar-refractivity contribution < 1.29 is 4.74 Å². The van der Waals surface area contributed by atoms with Crippen molar-refractivity contribution in [2.45, 2.75) is 32.8 Å². The third-order valence-corrected chi connectivity index (χ3v) is 3.79. The highest BCUT2D eigenvalue weighted by Gasteiger charge is 2.24. The molecule has 1 aromatic heterocycles. The minimum atomic E-state index is 0.270. The van der Waals surface area contributed by atoms with Crippen LogP contribution in [0.1, 0.15) is 25.3 Å². The van der Waals surface area contributed by atoms with E-state index < -0.39 is 0 Å². The number of piperidine rings is 1. The maximum absolute atomic E-state index is 5.75. The van der Waals surface area contributed by atoms with E-state index in [-0.39, 0.29) is 6.10 Å². The van der Waals surface area contributed by atoms with Gasteiger partial charge in [-0.15, -0.1) is 0 Å². The van der Waals surface area contributed by atoms with Crippen molar-refractivity contribution in [2.75, 3.05) is 24.6 Å². The van der Waals surface area contributed by atoms with E-state index in [0.29, 0.717) is 0 Å². The molecular weight excluding hydrogens is 266 g/mol. The molecule has 1 aromatic carbocycles. The lowest BCUT2D eigenvalue weighted by Crippen LogP contribution is -2.41. The van der Waals surface area contributed by atoms with E-state index in [1.165, 1.54) is 5.56 Å². The minimum Gasteiger partial charge on any atom is -0.377 e. The van der Waals surface area contributed by atoms with Gasteiger partial charge in [0.15, 0.2) is 0 Å². The first-order valence-corrected chi connectivity index (χ1v) is 7.50. The lowest BCUT2D eigenvalue weighted by molar-refractivity contribution is 0.0522. The Hall–Kier alpha value is -1.95. The second kappa shape index (κ2) is 6.22. The monoisotopic (exact) mass is 287 g/mol. The molecule has 0 radical (unpaired) electrons. The highest BCUT2D eigenvalue weighted by atomic mass is 16.5. The van der Waals surface area contributed by atoms with Crippen LogP contribution in [-0.2, 0) is 4.74 Å². The van der Waals surface area contributed by atoms with Crippen LogP contribution in [0, 0.1) is 6.92 Å². The molecule has 0 aliphatic carbocycles. The average Bonchev–Trinajstić information content (AvgIpc) is 2.98. The number of rotatable bonds is 4. The molecular formula is C15H21N5O. The van der Waals surface area contributed by atoms with Gasteiger partial charge in [0.2, 0.25) is 5.95 Å². The Bertz CT molecular complexity index is 578. The van der Waals surface area contributed by atoms with Crippen LogP contribution < -0.4 is 4.90 Å². The molecule has 1 unspecified atom stereocenters. The highest BCUT2D eigenvalue weighted by Crippen LogP contribution is 2.21. The number of ether oxygens (including phenoxy) is 1. The van der Waals surface area contributed by atoms with Gasteiger partial charge in [-0.2, -0.15) is 4.68 Å². The Balaban J connectivity index is 1.83. The van der Waals surface area contributed by atoms with Crippen LogP contribution in [0.25, 0.3) is 5.69 Å². The number of nitrogens with zero attached hydrogens (tertiary/aromatic N) is 5. The first kappa shape index (κ1) is 14.0. The molecule has 1 saturated heterocycles. The summed E-state index contributed by atoms with van der Waals surface area (Å²) in [5.74, 6) is 0.795. The summed E-state index contributed by atoms with van der Waals surface area (Å²) >= 11 is 0. The fourth-order valence-corrected chi connectivity index (χ4v) is 2.72. The van der Waals surface area contributed by atoms with E-state index in [1.54, 1.807) is 4.68 Å². The summed E-state index contributed by atoms with van der Waals surface area (Å²) in [5.41, 5.74) is 2.21. The van der Waals surface area contributed by atoms with E-state index in [4.69, 9.17) is 4.74 Å². The van der Waals surface area contributed by atoms with Gasteiger partial charge in [0.25, 0.3) is 0 Å². The predicted octanol–water partition coefficient (Wildman–Crippen LogP) is 1.98. The third-order valence-electron chi connectivity index (χ3n) is 3.79. The Kier molecular flexibility index (Phi) is 4.15. The van der Waals surface area contributed by atoms with Crippen LogP contribution in [0.2, 0.25) is 0 Å². The van der Waals surface area contributed by atoms with Gasteiger partial charge in [0, 0.05) is 19.7 Å². The highest BCUT2D eigenvalue weighted by molar-refractivity contribution is 5.42. The van der Waals surface area contributed by atoms with Gasteiger partial charge in [0.1, 0.15) is 0 Å². The molecule has 21 heavy (non-hydrogen) atoms. The third kappa shape index (κ3) is 3.05. The summed E-state index contributed by atoms with van der Waals surface area (Å²) in [6.45, 7) is 6.67. The van der Waals surface area contributed by atoms with Crippen LogP contribution in [-0.4, -0.2) is 46.0 Å². The zero-order chi connectivity index (χ0) is 14.7. The molecule has 1 fully saturated rings. The van der Waals surface area contributed by atoms with Gasteiger partial charge in [-0.3, -0.25) is 0 Å². The summed E-state index contributed by atoms with van der Waals surface area (Å²) in [5, 5.41) is 12.2. The number of aromatic nitrogens is 4. The zero-order valence-corrected chi connectivity index (χ0v) is 12.6. The Morgan fingerprint density at radius 2 is 2.10 bits per heavy atom. The van der Waals surface area contributed by atoms with Crippen molar-refractivity contribution in [3.05, 3.63) is 29.8 Å². The van der Waals surface area contributed by atoms with Crippen molar-refractivity contribution in [3.63, 3.8) is 0 Å². The normalized spacial score (nSPS) is 19.0. The summed E-state index contributed by atoms with van der Waals surface area (Å²) in [7, 11) is 0. The summed E-state index contributed by atoms with van der Waals surface area (Å²) in [6.07, 6.45) is 2.48. The minimum absolute atomic E-state index is 0.270. The summed E-state index contributed by atoms with van der Waals surface area (Å²) < 4.78 is 7.55. The number of benzene rings is 1. The van der Waals surface area contributed by atoms with E-state index in [1.807, 2.05) is 19.1 Å². The van der Waals surface area contributed by atoms with Crippen LogP contribution in [0.5, 0.6) is 0 Å². The Morgan fingerprint density at radius 1 is 1.29 bits per heavy atom. The molecule has 2 heterocycles. The van der Waals surface area contributed by atoms with Crippen molar-refractivity contribution in [2.24, 2.45) is 0 Å². The molecule has 0 spiro atoms. The topological polar surface area (TPSA) is 56.1 Å². The largest absolute Gasteiger partial charge is 0.377 e. The van der Waals surface area contributed by atoms with E-state index >= 15 is 0 Å². The fraction of sp³-hybridized carbons (Fsp3) is 0.533. The lowest BCUT2D eigenvalue weighted by atomic mass is 10.1. The number of tetrazole rings is 1. The lowest BCUT2D eigenvalue weighted by Gasteiger charge is -2.32. The second-order valence-corrected chi connectivity index (χ2v) is 5.39. The average molecular weight is 287 g/mol. The second-order valence-electron chi connectivity index (χ2n) is 5.39. The summed E-state index contributed by atoms with van der Waals surface area (Å²) in [6, 6.07) is 8.22. The molecule has 6 heteroatoms. The molecule has 0 bridgehead atoms. The van der Waals surface area contributed by atoms with Gasteiger partial charge in [-0.05, 0) is 49.2 Å². The van der Waals surface area contributed by atoms with Crippen molar-refractivity contribution in [1.29, 1.82) is 0 Å². The molecule has 1 aliphatic rings. The molecule has 112 valence electrons. The first-order valence-electron chi connectivity index (χ1n) is 7.50. The quantitative estimate of drug-likeness (QED) is 0.860. The molecule has 0 amide bonds. The molecule has 1 aliphatic heterocycles. The fourth-order valence-electron chi connectivity index (χ4n) is 2.72. The summed E-state index contributed by atoms with van der Waals surface area (Å²) in [4.78, 5) is 2.21. The van der Waals surface area contributed by atoms with Crippen LogP contribution in [0.15, 0.2) is 24.3 Å². The predicted molar refractivity (Wildman–Crippen MR) is 80.8 cm³/mol. The molecule has 3 rings (SSSR count). The first-order chi connectivity index (χ1) is 10.3. The van der Waals surface area contributed by atoms with E-state index in [2.05, 4.69) is 39.5 Å². The van der Waals surface area contributed by atoms with Crippen molar-refractivity contribution >= 4 is 5.95 Å². The maximum Gasteiger partial charge on any atom is 0.250 e. The van der Waals surface area contributed by atoms with Crippen LogP contribution in [0.4, 0.5) is 5.95 Å². The van der Waals surface area contributed by atoms with Crippen LogP contribution in [0.3, 0.4) is 0 Å². The Morgan fingerprint density at radius 3 is 2.86 bits per heavy atom. The molecule has 0 N–H and O–H groups in total. The SMILES string of the molecule is CCOC1CCCN(c2nnnn2-c2ccc(C)cc2)C1. The number of hydrogen-bond acceptors (Lipinski definition) is 5. The van der Waals surface area contributed by atoms with Gasteiger partial charge in [-0.1, -0.05) is 22.8 Å². The van der Waals surface area contributed by atoms with E-state index in [0.717, 1.165) is 44.2 Å². The maximum atomic E-state index is 5.75. The number of aryl methyl sites for hydroxylation is 1. The number of hydrogen-bond donors (Lipinski definition) is 0. The van der Waals surface area contributed by atoms with E-state index in [9.17, 15) is 0 Å². The van der Waals surface area contributed by atoms with Gasteiger partial charge >= 0.3 is 0 Å². The van der Waals surface area contributed by atoms with Gasteiger partial charge in [0.05, 0.1) is 11.8 Å². The zero-order valence-electron chi connectivity index (χ0n) is 12.6. The van der Waals surface area contributed by atoms with Gasteiger partial charge in [-0.25, -0.2) is 0 Å². The Labute approximate surface area is 124 Å². The smallest absolute Gasteiger partial charge is 0.250 e. The van der Waals surface area contributed by atoms with Crippen molar-refractivity contribution in [3.8, 4) is 5.69 Å². The standard InChI is InChI=1S/C15H21N5O/c1-3-21-14-5-4-10-19(11-14)15-16-17-18-20(15)13-8-6-12(2)7-9-13/h6-9,14H,3-5,10-11H2,1-2H3. The number of anilines is 1. The van der Waals surface area contributed by atoms with Crippen LogP contribution >= 0.6 is 0 Å². The molecule has 2 aromatic rings. The molecule has 1 atom stereocenters. The van der Waals surface area contributed by atoms with Crippen molar-refractivity contribution in [1.82, 2.24) is 20.2 Å². The molecule has 6 nitrogen and oxygen atoms in total. The van der Waals surface area contributed by atoms with Gasteiger partial charge < -0.3 is 9.64 Å². The molecule has 0 saturated carbocycles.